The topological polar surface area (TPSA) is 78.9 Å². The molecule has 0 fully saturated rings. The number of hydrogen-bond acceptors (Lipinski definition) is 6. The summed E-state index contributed by atoms with van der Waals surface area (Å²) in [4.78, 5) is 34.1. The van der Waals surface area contributed by atoms with Crippen LogP contribution in [0.1, 0.15) is 90.5 Å². The largest absolute Gasteiger partial charge is 0.465 e. The average molecular weight is 884 g/mol. The van der Waals surface area contributed by atoms with E-state index in [1.807, 2.05) is 79.7 Å². The third-order valence-corrected chi connectivity index (χ3v) is 12.3. The summed E-state index contributed by atoms with van der Waals surface area (Å²) in [5.74, 6) is -0.420. The molecule has 0 radical (unpaired) electrons. The Kier molecular flexibility index (Phi) is 12.6. The van der Waals surface area contributed by atoms with Crippen LogP contribution in [0.4, 0.5) is 0 Å². The summed E-state index contributed by atoms with van der Waals surface area (Å²) in [6.07, 6.45) is -0.502. The van der Waals surface area contributed by atoms with E-state index in [4.69, 9.17) is 14.2 Å². The minimum Gasteiger partial charge on any atom is -0.465 e. The zero-order valence-corrected chi connectivity index (χ0v) is 36.7. The van der Waals surface area contributed by atoms with E-state index in [1.165, 1.54) is 87.5 Å². The lowest BCUT2D eigenvalue weighted by Crippen LogP contribution is -2.20. The molecular formula is C55H47BrO6. The minimum absolute atomic E-state index is 0.00234. The fourth-order valence-electron chi connectivity index (χ4n) is 9.35. The maximum atomic E-state index is 11.8. The molecule has 62 heavy (non-hydrogen) atoms. The molecule has 2 atom stereocenters. The van der Waals surface area contributed by atoms with Crippen molar-refractivity contribution in [1.82, 2.24) is 0 Å². The zero-order valence-electron chi connectivity index (χ0n) is 35.1. The first-order chi connectivity index (χ1) is 30.1. The van der Waals surface area contributed by atoms with Crippen molar-refractivity contribution in [2.45, 2.75) is 57.7 Å². The van der Waals surface area contributed by atoms with Crippen LogP contribution in [-0.2, 0) is 28.6 Å². The van der Waals surface area contributed by atoms with Gasteiger partial charge in [-0.2, -0.15) is 0 Å². The van der Waals surface area contributed by atoms with Crippen LogP contribution < -0.4 is 0 Å². The number of carbonyl (C=O) groups excluding carboxylic acids is 3. The van der Waals surface area contributed by atoms with Gasteiger partial charge in [0, 0.05) is 37.1 Å². The van der Waals surface area contributed by atoms with Gasteiger partial charge in [-0.3, -0.25) is 14.4 Å². The Morgan fingerprint density at radius 1 is 0.452 bits per heavy atom. The SMILES string of the molecule is CC(=O)OC(C)C1c2ccccc2-c2ccccc21.CC(=O)OC(c1ccc(Br)cc1)C1c2ccccc2-c2ccccc21.CC(=O)OCC1c2ccccc2-c2ccccc21. The van der Waals surface area contributed by atoms with Gasteiger partial charge >= 0.3 is 17.9 Å². The Labute approximate surface area is 371 Å². The second kappa shape index (κ2) is 18.6. The maximum absolute atomic E-state index is 11.8. The molecule has 3 aliphatic rings. The van der Waals surface area contributed by atoms with Crippen molar-refractivity contribution in [3.8, 4) is 33.4 Å². The summed E-state index contributed by atoms with van der Waals surface area (Å²) in [5.41, 5.74) is 15.9. The van der Waals surface area contributed by atoms with Crippen LogP contribution in [0.25, 0.3) is 33.4 Å². The van der Waals surface area contributed by atoms with E-state index in [2.05, 4.69) is 113 Å². The third-order valence-electron chi connectivity index (χ3n) is 11.8. The molecular weight excluding hydrogens is 837 g/mol. The van der Waals surface area contributed by atoms with Gasteiger partial charge in [0.15, 0.2) is 0 Å². The number of ether oxygens (including phenoxy) is 3. The Hall–Kier alpha value is -6.57. The van der Waals surface area contributed by atoms with Gasteiger partial charge in [-0.25, -0.2) is 0 Å². The van der Waals surface area contributed by atoms with Gasteiger partial charge in [0.05, 0.1) is 5.92 Å². The molecule has 6 nitrogen and oxygen atoms in total. The zero-order chi connectivity index (χ0) is 43.3. The van der Waals surface area contributed by atoms with Gasteiger partial charge in [0.1, 0.15) is 18.8 Å². The summed E-state index contributed by atoms with van der Waals surface area (Å²) < 4.78 is 17.4. The van der Waals surface area contributed by atoms with Crippen LogP contribution in [0.5, 0.6) is 0 Å². The van der Waals surface area contributed by atoms with E-state index in [1.54, 1.807) is 0 Å². The molecule has 7 aromatic carbocycles. The number of fused-ring (bicyclic) bond motifs is 9. The summed E-state index contributed by atoms with van der Waals surface area (Å²) >= 11 is 3.47. The molecule has 0 aliphatic heterocycles. The maximum Gasteiger partial charge on any atom is 0.303 e. The molecule has 2 unspecified atom stereocenters. The highest BCUT2D eigenvalue weighted by Crippen LogP contribution is 2.52. The molecule has 310 valence electrons. The molecule has 7 heteroatoms. The lowest BCUT2D eigenvalue weighted by Gasteiger charge is -2.26. The standard InChI is InChI=1S/C22H17BrO2.C17H16O2.C16H14O2/c1-14(24)25-22(15-10-12-16(23)13-11-15)21-19-8-4-2-6-17(19)18-7-3-5-9-20(18)21;1-11(19-12(2)18)17-15-9-5-3-7-13(15)14-8-4-6-10-16(14)17;1-11(17)18-10-16-14-8-4-2-6-12(14)13-7-3-5-9-15(13)16/h2-13,21-22H,1H3;3-11,17H,1-2H3;2-9,16H,10H2,1H3. The first kappa shape index (κ1) is 42.1. The molecule has 0 saturated carbocycles. The summed E-state index contributed by atoms with van der Waals surface area (Å²) in [5, 5.41) is 0. The quantitative estimate of drug-likeness (QED) is 0.117. The number of carbonyl (C=O) groups is 3. The van der Waals surface area contributed by atoms with Crippen LogP contribution in [0, 0.1) is 0 Å². The monoisotopic (exact) mass is 882 g/mol. The lowest BCUT2D eigenvalue weighted by atomic mass is 9.87. The van der Waals surface area contributed by atoms with Crippen LogP contribution in [0.15, 0.2) is 174 Å². The minimum atomic E-state index is -0.351. The Balaban J connectivity index is 0.000000130. The highest BCUT2D eigenvalue weighted by molar-refractivity contribution is 9.10. The van der Waals surface area contributed by atoms with Crippen molar-refractivity contribution in [3.63, 3.8) is 0 Å². The van der Waals surface area contributed by atoms with Gasteiger partial charge in [0.2, 0.25) is 0 Å². The van der Waals surface area contributed by atoms with Crippen molar-refractivity contribution in [3.05, 3.63) is 213 Å². The molecule has 0 N–H and O–H groups in total. The van der Waals surface area contributed by atoms with Crippen molar-refractivity contribution >= 4 is 33.8 Å². The van der Waals surface area contributed by atoms with Crippen molar-refractivity contribution in [1.29, 1.82) is 0 Å². The van der Waals surface area contributed by atoms with E-state index in [0.29, 0.717) is 6.61 Å². The first-order valence-electron chi connectivity index (χ1n) is 20.9. The van der Waals surface area contributed by atoms with Gasteiger partial charge in [-0.05, 0) is 91.4 Å². The van der Waals surface area contributed by atoms with E-state index in [0.717, 1.165) is 10.0 Å². The van der Waals surface area contributed by atoms with E-state index in [-0.39, 0.29) is 47.9 Å². The molecule has 0 aromatic heterocycles. The highest BCUT2D eigenvalue weighted by atomic mass is 79.9. The Morgan fingerprint density at radius 2 is 0.790 bits per heavy atom. The number of halogens is 1. The summed E-state index contributed by atoms with van der Waals surface area (Å²) in [7, 11) is 0. The van der Waals surface area contributed by atoms with E-state index in [9.17, 15) is 14.4 Å². The van der Waals surface area contributed by atoms with E-state index < -0.39 is 0 Å². The molecule has 10 rings (SSSR count). The molecule has 0 bridgehead atoms. The molecule has 0 saturated heterocycles. The lowest BCUT2D eigenvalue weighted by molar-refractivity contribution is -0.148. The second-order valence-electron chi connectivity index (χ2n) is 15.7. The highest BCUT2D eigenvalue weighted by Gasteiger charge is 2.37. The summed E-state index contributed by atoms with van der Waals surface area (Å²) in [6.45, 7) is 6.77. The van der Waals surface area contributed by atoms with Crippen LogP contribution in [-0.4, -0.2) is 30.6 Å². The molecule has 7 aromatic rings. The molecule has 0 heterocycles. The van der Waals surface area contributed by atoms with Crippen LogP contribution in [0.2, 0.25) is 0 Å². The smallest absolute Gasteiger partial charge is 0.303 e. The summed E-state index contributed by atoms with van der Waals surface area (Å²) in [6, 6.07) is 58.1. The first-order valence-corrected chi connectivity index (χ1v) is 21.7. The normalized spacial score (nSPS) is 13.8. The van der Waals surface area contributed by atoms with Gasteiger partial charge < -0.3 is 14.2 Å². The van der Waals surface area contributed by atoms with Gasteiger partial charge in [0.25, 0.3) is 0 Å². The van der Waals surface area contributed by atoms with Crippen molar-refractivity contribution in [2.75, 3.05) is 6.61 Å². The third kappa shape index (κ3) is 8.63. The van der Waals surface area contributed by atoms with Crippen LogP contribution in [0.3, 0.4) is 0 Å². The number of esters is 3. The van der Waals surface area contributed by atoms with Crippen LogP contribution >= 0.6 is 15.9 Å². The fourth-order valence-corrected chi connectivity index (χ4v) is 9.61. The Morgan fingerprint density at radius 3 is 1.16 bits per heavy atom. The number of benzene rings is 7. The number of rotatable bonds is 7. The fraction of sp³-hybridized carbons (Fsp3) is 0.182. The molecule has 3 aliphatic carbocycles. The Bertz CT molecular complexity index is 2620. The second-order valence-corrected chi connectivity index (χ2v) is 16.6. The van der Waals surface area contributed by atoms with E-state index >= 15 is 0 Å². The number of hydrogen-bond donors (Lipinski definition) is 0. The van der Waals surface area contributed by atoms with Gasteiger partial charge in [-0.15, -0.1) is 0 Å². The van der Waals surface area contributed by atoms with Crippen molar-refractivity contribution < 1.29 is 28.6 Å². The molecule has 0 spiro atoms. The van der Waals surface area contributed by atoms with Gasteiger partial charge in [-0.1, -0.05) is 174 Å². The molecule has 0 amide bonds. The predicted molar refractivity (Wildman–Crippen MR) is 248 cm³/mol. The predicted octanol–water partition coefficient (Wildman–Crippen LogP) is 13.0. The average Bonchev–Trinajstić information content (AvgIpc) is 3.91. The van der Waals surface area contributed by atoms with Crippen molar-refractivity contribution in [2.24, 2.45) is 0 Å².